The molecule has 3 aromatic carbocycles. The van der Waals surface area contributed by atoms with Gasteiger partial charge in [-0.15, -0.1) is 11.3 Å². The van der Waals surface area contributed by atoms with Gasteiger partial charge >= 0.3 is 0 Å². The summed E-state index contributed by atoms with van der Waals surface area (Å²) in [6.45, 7) is 4.08. The molecule has 0 unspecified atom stereocenters. The summed E-state index contributed by atoms with van der Waals surface area (Å²) in [6.07, 6.45) is 0.582. The molecule has 0 saturated carbocycles. The van der Waals surface area contributed by atoms with Gasteiger partial charge < -0.3 is 9.73 Å². The smallest absolute Gasteiger partial charge is 0.269 e. The van der Waals surface area contributed by atoms with E-state index in [-0.39, 0.29) is 11.0 Å². The monoisotopic (exact) mass is 505 g/mol. The maximum Gasteiger partial charge on any atom is 0.269 e. The quantitative estimate of drug-likeness (QED) is 0.257. The molecule has 0 aliphatic rings. The molecule has 8 heteroatoms. The van der Waals surface area contributed by atoms with E-state index in [9.17, 15) is 4.79 Å². The van der Waals surface area contributed by atoms with Gasteiger partial charge in [0.15, 0.2) is 16.6 Å². The molecule has 0 aliphatic carbocycles. The Hall–Kier alpha value is -3.26. The third-order valence-electron chi connectivity index (χ3n) is 5.40. The first-order chi connectivity index (χ1) is 16.4. The summed E-state index contributed by atoms with van der Waals surface area (Å²) in [5, 5.41) is 7.26. The fourth-order valence-electron chi connectivity index (χ4n) is 3.86. The SMILES string of the molecule is Cc1cc(C)c2oc(Cc3ccc(NC(=S)NC(=O)c4sc5ccccc5c4Cl)cc3)nc2c1. The van der Waals surface area contributed by atoms with Crippen LogP contribution < -0.4 is 10.6 Å². The van der Waals surface area contributed by atoms with Gasteiger partial charge in [-0.25, -0.2) is 4.98 Å². The van der Waals surface area contributed by atoms with Crippen molar-refractivity contribution in [2.45, 2.75) is 20.3 Å². The Morgan fingerprint density at radius 1 is 1.12 bits per heavy atom. The van der Waals surface area contributed by atoms with E-state index in [1.807, 2.05) is 61.5 Å². The van der Waals surface area contributed by atoms with Crippen LogP contribution in [0.25, 0.3) is 21.2 Å². The Labute approximate surface area is 210 Å². The number of carbonyl (C=O) groups is 1. The number of fused-ring (bicyclic) bond motifs is 2. The molecule has 0 radical (unpaired) electrons. The molecule has 2 N–H and O–H groups in total. The molecule has 5 rings (SSSR count). The maximum atomic E-state index is 12.7. The van der Waals surface area contributed by atoms with Gasteiger partial charge in [-0.1, -0.05) is 48.0 Å². The average Bonchev–Trinajstić information content (AvgIpc) is 3.36. The van der Waals surface area contributed by atoms with E-state index in [0.717, 1.165) is 43.6 Å². The summed E-state index contributed by atoms with van der Waals surface area (Å²) in [4.78, 5) is 17.7. The molecule has 0 saturated heterocycles. The van der Waals surface area contributed by atoms with Crippen molar-refractivity contribution in [3.63, 3.8) is 0 Å². The van der Waals surface area contributed by atoms with Gasteiger partial charge in [0.25, 0.3) is 5.91 Å². The largest absolute Gasteiger partial charge is 0.440 e. The number of carbonyl (C=O) groups excluding carboxylic acids is 1. The fourth-order valence-corrected chi connectivity index (χ4v) is 5.48. The highest BCUT2D eigenvalue weighted by Crippen LogP contribution is 2.35. The van der Waals surface area contributed by atoms with Crippen molar-refractivity contribution in [1.82, 2.24) is 10.3 Å². The van der Waals surface area contributed by atoms with Crippen LogP contribution in [0, 0.1) is 13.8 Å². The lowest BCUT2D eigenvalue weighted by atomic mass is 10.1. The lowest BCUT2D eigenvalue weighted by molar-refractivity contribution is 0.0982. The molecule has 0 bridgehead atoms. The van der Waals surface area contributed by atoms with E-state index in [4.69, 9.17) is 28.2 Å². The van der Waals surface area contributed by atoms with E-state index in [0.29, 0.717) is 22.2 Å². The number of aryl methyl sites for hydroxylation is 2. The molecule has 5 aromatic rings. The van der Waals surface area contributed by atoms with Crippen molar-refractivity contribution >= 4 is 73.0 Å². The van der Waals surface area contributed by atoms with Gasteiger partial charge in [0.05, 0.1) is 5.02 Å². The number of nitrogens with zero attached hydrogens (tertiary/aromatic N) is 1. The summed E-state index contributed by atoms with van der Waals surface area (Å²) in [7, 11) is 0. The zero-order valence-corrected chi connectivity index (χ0v) is 20.8. The number of nitrogens with one attached hydrogen (secondary N) is 2. The Balaban J connectivity index is 1.23. The van der Waals surface area contributed by atoms with E-state index < -0.39 is 0 Å². The Morgan fingerprint density at radius 2 is 1.88 bits per heavy atom. The van der Waals surface area contributed by atoms with Crippen LogP contribution in [0.5, 0.6) is 0 Å². The van der Waals surface area contributed by atoms with Crippen LogP contribution in [-0.4, -0.2) is 16.0 Å². The van der Waals surface area contributed by atoms with Gasteiger partial charge in [-0.05, 0) is 67.0 Å². The minimum absolute atomic E-state index is 0.205. The number of rotatable bonds is 4. The number of hydrogen-bond acceptors (Lipinski definition) is 5. The van der Waals surface area contributed by atoms with Crippen molar-refractivity contribution in [3.8, 4) is 0 Å². The molecule has 1 amide bonds. The first-order valence-electron chi connectivity index (χ1n) is 10.6. The fraction of sp³-hybridized carbons (Fsp3) is 0.115. The van der Waals surface area contributed by atoms with Crippen molar-refractivity contribution < 1.29 is 9.21 Å². The zero-order chi connectivity index (χ0) is 23.8. The second-order valence-electron chi connectivity index (χ2n) is 8.06. The third kappa shape index (κ3) is 4.55. The Kier molecular flexibility index (Phi) is 6.08. The number of thiophene rings is 1. The number of anilines is 1. The summed E-state index contributed by atoms with van der Waals surface area (Å²) in [5.74, 6) is 0.342. The minimum Gasteiger partial charge on any atom is -0.440 e. The van der Waals surface area contributed by atoms with Crippen molar-refractivity contribution in [1.29, 1.82) is 0 Å². The predicted molar refractivity (Wildman–Crippen MR) is 143 cm³/mol. The van der Waals surface area contributed by atoms with Crippen LogP contribution in [0.15, 0.2) is 65.1 Å². The first-order valence-corrected chi connectivity index (χ1v) is 12.2. The van der Waals surface area contributed by atoms with Crippen molar-refractivity contribution in [2.24, 2.45) is 0 Å². The predicted octanol–water partition coefficient (Wildman–Crippen LogP) is 7.03. The van der Waals surface area contributed by atoms with Crippen LogP contribution >= 0.6 is 35.2 Å². The van der Waals surface area contributed by atoms with Crippen LogP contribution in [0.3, 0.4) is 0 Å². The van der Waals surface area contributed by atoms with Gasteiger partial charge in [-0.2, -0.15) is 0 Å². The van der Waals surface area contributed by atoms with E-state index in [1.54, 1.807) is 0 Å². The molecule has 0 aliphatic heterocycles. The molecule has 0 fully saturated rings. The molecule has 0 atom stereocenters. The summed E-state index contributed by atoms with van der Waals surface area (Å²) >= 11 is 13.1. The van der Waals surface area contributed by atoms with E-state index >= 15 is 0 Å². The lowest BCUT2D eigenvalue weighted by Gasteiger charge is -2.09. The summed E-state index contributed by atoms with van der Waals surface area (Å²) in [5.41, 5.74) is 5.78. The molecular weight excluding hydrogens is 486 g/mol. The zero-order valence-electron chi connectivity index (χ0n) is 18.4. The van der Waals surface area contributed by atoms with Crippen molar-refractivity contribution in [2.75, 3.05) is 5.32 Å². The van der Waals surface area contributed by atoms with E-state index in [1.165, 1.54) is 11.3 Å². The average molecular weight is 506 g/mol. The van der Waals surface area contributed by atoms with Crippen molar-refractivity contribution in [3.05, 3.63) is 93.1 Å². The highest BCUT2D eigenvalue weighted by Gasteiger charge is 2.18. The highest BCUT2D eigenvalue weighted by atomic mass is 35.5. The maximum absolute atomic E-state index is 12.7. The second kappa shape index (κ2) is 9.18. The van der Waals surface area contributed by atoms with Gasteiger partial charge in [0.2, 0.25) is 0 Å². The van der Waals surface area contributed by atoms with E-state index in [2.05, 4.69) is 28.6 Å². The molecular formula is C26H20ClN3O2S2. The molecule has 2 aromatic heterocycles. The minimum atomic E-state index is -0.332. The Morgan fingerprint density at radius 3 is 2.65 bits per heavy atom. The normalized spacial score (nSPS) is 11.1. The number of thiocarbonyl (C=S) groups is 1. The van der Waals surface area contributed by atoms with Gasteiger partial charge in [0.1, 0.15) is 10.4 Å². The van der Waals surface area contributed by atoms with Gasteiger partial charge in [-0.3, -0.25) is 10.1 Å². The summed E-state index contributed by atoms with van der Waals surface area (Å²) in [6, 6.07) is 19.5. The Bertz CT molecular complexity index is 1550. The van der Waals surface area contributed by atoms with Gasteiger partial charge in [0, 0.05) is 22.2 Å². The number of amides is 1. The molecule has 2 heterocycles. The molecule has 0 spiro atoms. The van der Waals surface area contributed by atoms with Crippen LogP contribution in [0.4, 0.5) is 5.69 Å². The lowest BCUT2D eigenvalue weighted by Crippen LogP contribution is -2.33. The highest BCUT2D eigenvalue weighted by molar-refractivity contribution is 7.80. The summed E-state index contributed by atoms with van der Waals surface area (Å²) < 4.78 is 6.92. The topological polar surface area (TPSA) is 67.2 Å². The number of oxazole rings is 1. The third-order valence-corrected chi connectivity index (χ3v) is 7.28. The number of hydrogen-bond donors (Lipinski definition) is 2. The number of aromatic nitrogens is 1. The number of halogens is 1. The molecule has 34 heavy (non-hydrogen) atoms. The second-order valence-corrected chi connectivity index (χ2v) is 9.90. The van der Waals surface area contributed by atoms with Crippen LogP contribution in [-0.2, 0) is 6.42 Å². The number of benzene rings is 3. The molecule has 170 valence electrons. The molecule has 5 nitrogen and oxygen atoms in total. The van der Waals surface area contributed by atoms with Crippen LogP contribution in [0.2, 0.25) is 5.02 Å². The standard InChI is InChI=1S/C26H20ClN3O2S2/c1-14-11-15(2)23-19(12-14)29-21(32-23)13-16-7-9-17(10-8-16)28-26(33)30-25(31)24-22(27)18-5-3-4-6-20(18)34-24/h3-12H,13H2,1-2H3,(H2,28,30,31,33). The first kappa shape index (κ1) is 22.5. The van der Waals surface area contributed by atoms with Crippen LogP contribution in [0.1, 0.15) is 32.3 Å².